The molecule has 0 amide bonds. The molecule has 0 aliphatic heterocycles. The van der Waals surface area contributed by atoms with Crippen molar-refractivity contribution in [2.75, 3.05) is 14.2 Å². The molecule has 0 saturated heterocycles. The van der Waals surface area contributed by atoms with E-state index in [1.165, 1.54) is 11.1 Å². The van der Waals surface area contributed by atoms with Crippen molar-refractivity contribution in [2.45, 2.75) is 12.3 Å². The average molecular weight is 320 g/mol. The topological polar surface area (TPSA) is 44.2 Å². The third kappa shape index (κ3) is 3.71. The van der Waals surface area contributed by atoms with Crippen LogP contribution < -0.4 is 9.47 Å². The van der Waals surface area contributed by atoms with Gasteiger partial charge >= 0.3 is 6.01 Å². The van der Waals surface area contributed by atoms with Crippen LogP contribution in [-0.2, 0) is 6.42 Å². The molecule has 24 heavy (non-hydrogen) atoms. The van der Waals surface area contributed by atoms with Gasteiger partial charge in [0.2, 0.25) is 5.88 Å². The molecule has 0 saturated carbocycles. The van der Waals surface area contributed by atoms with E-state index in [4.69, 9.17) is 9.47 Å². The van der Waals surface area contributed by atoms with Gasteiger partial charge in [-0.05, 0) is 11.1 Å². The quantitative estimate of drug-likeness (QED) is 0.691. The minimum atomic E-state index is 0.205. The van der Waals surface area contributed by atoms with Crippen molar-refractivity contribution >= 4 is 0 Å². The van der Waals surface area contributed by atoms with Gasteiger partial charge in [0.25, 0.3) is 0 Å². The fraction of sp³-hybridized carbons (Fsp3) is 0.200. The van der Waals surface area contributed by atoms with Gasteiger partial charge in [0.05, 0.1) is 19.9 Å². The summed E-state index contributed by atoms with van der Waals surface area (Å²) in [6.07, 6.45) is 0.739. The molecule has 0 radical (unpaired) electrons. The number of nitrogens with zero attached hydrogens (tertiary/aromatic N) is 2. The van der Waals surface area contributed by atoms with Crippen LogP contribution in [0.1, 0.15) is 22.7 Å². The highest BCUT2D eigenvalue weighted by Crippen LogP contribution is 2.29. The fourth-order valence-corrected chi connectivity index (χ4v) is 2.76. The van der Waals surface area contributed by atoms with Crippen LogP contribution in [0.5, 0.6) is 11.9 Å². The number of hydrogen-bond donors (Lipinski definition) is 0. The summed E-state index contributed by atoms with van der Waals surface area (Å²) in [6, 6.07) is 23.1. The molecular weight excluding hydrogens is 300 g/mol. The summed E-state index contributed by atoms with van der Waals surface area (Å²) in [5.41, 5.74) is 3.39. The highest BCUT2D eigenvalue weighted by Gasteiger charge is 2.17. The van der Waals surface area contributed by atoms with Crippen LogP contribution in [0.4, 0.5) is 0 Å². The van der Waals surface area contributed by atoms with Gasteiger partial charge < -0.3 is 9.47 Å². The second kappa shape index (κ2) is 7.59. The molecule has 3 aromatic rings. The molecule has 0 bridgehead atoms. The van der Waals surface area contributed by atoms with Gasteiger partial charge in [0.15, 0.2) is 0 Å². The zero-order valence-corrected chi connectivity index (χ0v) is 13.8. The summed E-state index contributed by atoms with van der Waals surface area (Å²) in [6.45, 7) is 0. The number of aromatic nitrogens is 2. The van der Waals surface area contributed by atoms with E-state index in [1.807, 2.05) is 18.2 Å². The largest absolute Gasteiger partial charge is 0.481 e. The lowest BCUT2D eigenvalue weighted by Gasteiger charge is -2.18. The van der Waals surface area contributed by atoms with Crippen LogP contribution in [0.15, 0.2) is 66.7 Å². The summed E-state index contributed by atoms with van der Waals surface area (Å²) in [5.74, 6) is 0.716. The van der Waals surface area contributed by atoms with E-state index in [1.54, 1.807) is 14.2 Å². The second-order valence-corrected chi connectivity index (χ2v) is 5.47. The molecule has 122 valence electrons. The van der Waals surface area contributed by atoms with Crippen molar-refractivity contribution in [3.8, 4) is 11.9 Å². The highest BCUT2D eigenvalue weighted by molar-refractivity contribution is 5.34. The Hall–Kier alpha value is -2.88. The SMILES string of the molecule is COc1cc(CC(c2ccccc2)c2ccccc2)nc(OC)n1. The summed E-state index contributed by atoms with van der Waals surface area (Å²) in [4.78, 5) is 8.64. The van der Waals surface area contributed by atoms with Crippen molar-refractivity contribution in [3.63, 3.8) is 0 Å². The first-order valence-corrected chi connectivity index (χ1v) is 7.86. The predicted octanol–water partition coefficient (Wildman–Crippen LogP) is 3.87. The molecule has 0 unspecified atom stereocenters. The third-order valence-corrected chi connectivity index (χ3v) is 3.94. The molecular formula is C20H20N2O2. The smallest absolute Gasteiger partial charge is 0.319 e. The first kappa shape index (κ1) is 16.0. The zero-order valence-electron chi connectivity index (χ0n) is 13.8. The van der Waals surface area contributed by atoms with Gasteiger partial charge in [-0.25, -0.2) is 0 Å². The zero-order chi connectivity index (χ0) is 16.8. The summed E-state index contributed by atoms with van der Waals surface area (Å²) >= 11 is 0. The molecule has 0 fully saturated rings. The Balaban J connectivity index is 1.99. The third-order valence-electron chi connectivity index (χ3n) is 3.94. The van der Waals surface area contributed by atoms with E-state index >= 15 is 0 Å². The Morgan fingerprint density at radius 2 is 1.38 bits per heavy atom. The Morgan fingerprint density at radius 1 is 0.792 bits per heavy atom. The van der Waals surface area contributed by atoms with E-state index in [0.717, 1.165) is 12.1 Å². The lowest BCUT2D eigenvalue weighted by Crippen LogP contribution is -2.08. The maximum absolute atomic E-state index is 5.26. The van der Waals surface area contributed by atoms with E-state index in [0.29, 0.717) is 11.9 Å². The minimum absolute atomic E-state index is 0.205. The van der Waals surface area contributed by atoms with Gasteiger partial charge in [0, 0.05) is 18.4 Å². The lowest BCUT2D eigenvalue weighted by atomic mass is 9.87. The Labute approximate surface area is 142 Å². The standard InChI is InChI=1S/C20H20N2O2/c1-23-19-14-17(21-20(22-19)24-2)13-18(15-9-5-3-6-10-15)16-11-7-4-8-12-16/h3-12,14,18H,13H2,1-2H3. The number of benzene rings is 2. The second-order valence-electron chi connectivity index (χ2n) is 5.47. The van der Waals surface area contributed by atoms with E-state index in [-0.39, 0.29) is 5.92 Å². The molecule has 4 nitrogen and oxygen atoms in total. The average Bonchev–Trinajstić information content (AvgIpc) is 2.67. The van der Waals surface area contributed by atoms with Gasteiger partial charge in [-0.1, -0.05) is 60.7 Å². The van der Waals surface area contributed by atoms with Crippen LogP contribution >= 0.6 is 0 Å². The molecule has 0 aliphatic carbocycles. The molecule has 0 aliphatic rings. The van der Waals surface area contributed by atoms with Crippen LogP contribution in [0.2, 0.25) is 0 Å². The molecule has 0 N–H and O–H groups in total. The van der Waals surface area contributed by atoms with Crippen molar-refractivity contribution < 1.29 is 9.47 Å². The molecule has 0 atom stereocenters. The summed E-state index contributed by atoms with van der Waals surface area (Å²) < 4.78 is 10.4. The van der Waals surface area contributed by atoms with Gasteiger partial charge in [-0.15, -0.1) is 0 Å². The van der Waals surface area contributed by atoms with Crippen LogP contribution in [-0.4, -0.2) is 24.2 Å². The van der Waals surface area contributed by atoms with Gasteiger partial charge in [-0.2, -0.15) is 9.97 Å². The lowest BCUT2D eigenvalue weighted by molar-refractivity contribution is 0.349. The van der Waals surface area contributed by atoms with Crippen molar-refractivity contribution in [1.29, 1.82) is 0 Å². The first-order chi connectivity index (χ1) is 11.8. The summed E-state index contributed by atoms with van der Waals surface area (Å²) in [5, 5.41) is 0. The molecule has 0 spiro atoms. The van der Waals surface area contributed by atoms with Crippen LogP contribution in [0.25, 0.3) is 0 Å². The van der Waals surface area contributed by atoms with Gasteiger partial charge in [0.1, 0.15) is 0 Å². The fourth-order valence-electron chi connectivity index (χ4n) is 2.76. The number of ether oxygens (including phenoxy) is 2. The van der Waals surface area contributed by atoms with Gasteiger partial charge in [-0.3, -0.25) is 0 Å². The van der Waals surface area contributed by atoms with Crippen LogP contribution in [0, 0.1) is 0 Å². The Kier molecular flexibility index (Phi) is 5.06. The molecule has 4 heteroatoms. The van der Waals surface area contributed by atoms with Crippen LogP contribution in [0.3, 0.4) is 0 Å². The predicted molar refractivity (Wildman–Crippen MR) is 93.6 cm³/mol. The number of rotatable bonds is 6. The maximum Gasteiger partial charge on any atom is 0.319 e. The Bertz CT molecular complexity index is 714. The monoisotopic (exact) mass is 320 g/mol. The minimum Gasteiger partial charge on any atom is -0.481 e. The van der Waals surface area contributed by atoms with E-state index in [9.17, 15) is 0 Å². The highest BCUT2D eigenvalue weighted by atomic mass is 16.5. The van der Waals surface area contributed by atoms with E-state index in [2.05, 4.69) is 58.5 Å². The van der Waals surface area contributed by atoms with Crippen molar-refractivity contribution in [1.82, 2.24) is 9.97 Å². The first-order valence-electron chi connectivity index (χ1n) is 7.86. The summed E-state index contributed by atoms with van der Waals surface area (Å²) in [7, 11) is 3.15. The van der Waals surface area contributed by atoms with Crippen molar-refractivity contribution in [3.05, 3.63) is 83.6 Å². The maximum atomic E-state index is 5.26. The molecule has 2 aromatic carbocycles. The van der Waals surface area contributed by atoms with Crippen molar-refractivity contribution in [2.24, 2.45) is 0 Å². The molecule has 3 rings (SSSR count). The van der Waals surface area contributed by atoms with E-state index < -0.39 is 0 Å². The Morgan fingerprint density at radius 3 is 1.88 bits per heavy atom. The number of hydrogen-bond acceptors (Lipinski definition) is 4. The molecule has 1 aromatic heterocycles. The number of methoxy groups -OCH3 is 2. The normalized spacial score (nSPS) is 10.6. The molecule has 1 heterocycles.